The maximum Gasteiger partial charge on any atom is 0.410 e. The van der Waals surface area contributed by atoms with E-state index in [-0.39, 0.29) is 18.4 Å². The van der Waals surface area contributed by atoms with Gasteiger partial charge in [-0.15, -0.1) is 0 Å². The summed E-state index contributed by atoms with van der Waals surface area (Å²) in [5, 5.41) is 3.72. The van der Waals surface area contributed by atoms with Crippen LogP contribution in [-0.2, 0) is 22.6 Å². The zero-order valence-electron chi connectivity index (χ0n) is 24.4. The summed E-state index contributed by atoms with van der Waals surface area (Å²) in [6, 6.07) is 6.86. The van der Waals surface area contributed by atoms with E-state index < -0.39 is 17.7 Å². The van der Waals surface area contributed by atoms with Gasteiger partial charge in [-0.2, -0.15) is 0 Å². The second-order valence-electron chi connectivity index (χ2n) is 11.1. The number of nitrogens with zero attached hydrogens (tertiary/aromatic N) is 5. The number of thiazole rings is 1. The van der Waals surface area contributed by atoms with Gasteiger partial charge in [0, 0.05) is 30.9 Å². The molecule has 0 spiro atoms. The van der Waals surface area contributed by atoms with Crippen LogP contribution in [0, 0.1) is 12.7 Å². The van der Waals surface area contributed by atoms with E-state index in [1.54, 1.807) is 33.9 Å². The third-order valence-electron chi connectivity index (χ3n) is 6.52. The molecule has 1 aliphatic rings. The smallest absolute Gasteiger partial charge is 0.410 e. The van der Waals surface area contributed by atoms with Gasteiger partial charge < -0.3 is 19.7 Å². The second-order valence-corrected chi connectivity index (χ2v) is 12.2. The Morgan fingerprint density at radius 3 is 2.73 bits per heavy atom. The molecule has 1 unspecified atom stereocenters. The van der Waals surface area contributed by atoms with E-state index in [9.17, 15) is 14.0 Å². The fourth-order valence-electron chi connectivity index (χ4n) is 4.66. The number of esters is 1. The van der Waals surface area contributed by atoms with Gasteiger partial charge in [0.1, 0.15) is 27.9 Å². The molecular formula is C29H37FN6O4S. The third-order valence-corrected chi connectivity index (χ3v) is 7.41. The molecule has 0 saturated carbocycles. The number of rotatable bonds is 8. The van der Waals surface area contributed by atoms with Crippen LogP contribution in [0.15, 0.2) is 30.5 Å². The Balaban J connectivity index is 1.50. The van der Waals surface area contributed by atoms with Crippen molar-refractivity contribution in [2.24, 2.45) is 0 Å². The number of piperidine rings is 1. The number of likely N-dealkylation sites (tertiary alicyclic amines) is 1. The minimum atomic E-state index is -0.630. The molecule has 2 aromatic heterocycles. The number of nitrogens with one attached hydrogen (secondary N) is 1. The summed E-state index contributed by atoms with van der Waals surface area (Å²) in [6.07, 6.45) is 3.95. The third kappa shape index (κ3) is 8.20. The van der Waals surface area contributed by atoms with E-state index in [2.05, 4.69) is 15.2 Å². The molecule has 3 aromatic rings. The summed E-state index contributed by atoms with van der Waals surface area (Å²) in [4.78, 5) is 42.1. The molecule has 1 amide bonds. The van der Waals surface area contributed by atoms with Gasteiger partial charge >= 0.3 is 12.1 Å². The Kier molecular flexibility index (Phi) is 9.54. The fourth-order valence-corrected chi connectivity index (χ4v) is 5.40. The molecule has 0 bridgehead atoms. The van der Waals surface area contributed by atoms with Gasteiger partial charge in [0.2, 0.25) is 0 Å². The van der Waals surface area contributed by atoms with Crippen molar-refractivity contribution in [2.45, 2.75) is 71.7 Å². The molecule has 12 heteroatoms. The molecule has 220 valence electrons. The molecule has 1 atom stereocenters. The van der Waals surface area contributed by atoms with Crippen molar-refractivity contribution in [3.8, 4) is 0 Å². The lowest BCUT2D eigenvalue weighted by molar-refractivity contribution is 0.0283. The highest BCUT2D eigenvalue weighted by Crippen LogP contribution is 2.32. The number of anilines is 2. The Morgan fingerprint density at radius 2 is 2.00 bits per heavy atom. The van der Waals surface area contributed by atoms with Crippen LogP contribution in [0.25, 0.3) is 0 Å². The largest absolute Gasteiger partial charge is 0.465 e. The van der Waals surface area contributed by atoms with Gasteiger partial charge in [0.25, 0.3) is 0 Å². The number of carbonyl (C=O) groups excluding carboxylic acids is 2. The van der Waals surface area contributed by atoms with Crippen molar-refractivity contribution in [1.82, 2.24) is 24.8 Å². The first-order chi connectivity index (χ1) is 19.4. The summed E-state index contributed by atoms with van der Waals surface area (Å²) >= 11 is 1.19. The first kappa shape index (κ1) is 30.3. The lowest BCUT2D eigenvalue weighted by atomic mass is 9.99. The Labute approximate surface area is 243 Å². The highest BCUT2D eigenvalue weighted by Gasteiger charge is 2.28. The van der Waals surface area contributed by atoms with E-state index in [1.165, 1.54) is 35.6 Å². The zero-order valence-corrected chi connectivity index (χ0v) is 25.2. The van der Waals surface area contributed by atoms with Crippen LogP contribution in [0.5, 0.6) is 0 Å². The molecule has 4 rings (SSSR count). The van der Waals surface area contributed by atoms with Gasteiger partial charge in [-0.1, -0.05) is 23.8 Å². The van der Waals surface area contributed by atoms with Crippen molar-refractivity contribution >= 4 is 34.3 Å². The number of benzene rings is 1. The Morgan fingerprint density at radius 1 is 1.22 bits per heavy atom. The van der Waals surface area contributed by atoms with Crippen LogP contribution >= 0.6 is 11.3 Å². The van der Waals surface area contributed by atoms with Gasteiger partial charge in [-0.25, -0.2) is 28.9 Å². The molecule has 1 aromatic carbocycles. The van der Waals surface area contributed by atoms with E-state index in [0.717, 1.165) is 37.1 Å². The highest BCUT2D eigenvalue weighted by atomic mass is 32.1. The van der Waals surface area contributed by atoms with Crippen molar-refractivity contribution in [3.63, 3.8) is 0 Å². The van der Waals surface area contributed by atoms with Crippen molar-refractivity contribution < 1.29 is 23.5 Å². The van der Waals surface area contributed by atoms with Crippen molar-refractivity contribution in [1.29, 1.82) is 0 Å². The summed E-state index contributed by atoms with van der Waals surface area (Å²) in [5.74, 6) is 0.491. The fraction of sp³-hybridized carbons (Fsp3) is 0.483. The molecule has 10 nitrogen and oxygen atoms in total. The van der Waals surface area contributed by atoms with Gasteiger partial charge in [-0.05, 0) is 64.8 Å². The highest BCUT2D eigenvalue weighted by molar-refractivity contribution is 7.17. The Bertz CT molecular complexity index is 1390. The van der Waals surface area contributed by atoms with Crippen LogP contribution in [0.1, 0.15) is 78.4 Å². The number of amides is 1. The molecule has 41 heavy (non-hydrogen) atoms. The first-order valence-corrected chi connectivity index (χ1v) is 14.4. The minimum absolute atomic E-state index is 0.0240. The van der Waals surface area contributed by atoms with Crippen LogP contribution in [0.2, 0.25) is 0 Å². The number of hydrogen-bond donors (Lipinski definition) is 1. The second kappa shape index (κ2) is 12.9. The molecule has 1 saturated heterocycles. The molecule has 3 heterocycles. The van der Waals surface area contributed by atoms with E-state index in [0.29, 0.717) is 33.8 Å². The van der Waals surface area contributed by atoms with Crippen molar-refractivity contribution in [3.05, 3.63) is 63.8 Å². The van der Waals surface area contributed by atoms with Crippen molar-refractivity contribution in [2.75, 3.05) is 26.0 Å². The van der Waals surface area contributed by atoms with Gasteiger partial charge in [0.15, 0.2) is 5.13 Å². The number of aromatic nitrogens is 3. The lowest BCUT2D eigenvalue weighted by Gasteiger charge is -2.35. The van der Waals surface area contributed by atoms with Gasteiger partial charge in [0.05, 0.1) is 25.9 Å². The Hall–Kier alpha value is -3.64. The molecule has 0 aliphatic carbocycles. The number of methoxy groups -OCH3 is 1. The SMILES string of the molecule is COC(=O)c1cnc(Nc2cc(C)nc(C3CCCCN3Cc3ccc(F)c(CN(C)C(=O)OC(C)(C)C)c3)n2)s1. The number of aryl methyl sites for hydroxylation is 1. The topological polar surface area (TPSA) is 110 Å². The zero-order chi connectivity index (χ0) is 29.7. The van der Waals surface area contributed by atoms with E-state index in [1.807, 2.05) is 19.1 Å². The predicted octanol–water partition coefficient (Wildman–Crippen LogP) is 6.00. The monoisotopic (exact) mass is 584 g/mol. The van der Waals surface area contributed by atoms with Crippen LogP contribution in [-0.4, -0.2) is 63.1 Å². The summed E-state index contributed by atoms with van der Waals surface area (Å²) in [7, 11) is 2.93. The number of halogens is 1. The van der Waals surface area contributed by atoms with E-state index >= 15 is 0 Å². The lowest BCUT2D eigenvalue weighted by Crippen LogP contribution is -2.34. The first-order valence-electron chi connectivity index (χ1n) is 13.5. The van der Waals surface area contributed by atoms with Crippen LogP contribution < -0.4 is 5.32 Å². The number of hydrogen-bond acceptors (Lipinski definition) is 10. The summed E-state index contributed by atoms with van der Waals surface area (Å²) in [5.41, 5.74) is 1.55. The standard InChI is InChI=1S/C29H37FN6O4S/c1-18-13-24(34-27-31-15-23(41-27)26(37)39-6)33-25(32-18)22-9-7-8-12-36(22)16-19-10-11-21(30)20(14-19)17-35(5)28(38)40-29(2,3)4/h10-11,13-15,22H,7-9,12,16-17H2,1-6H3,(H,31,32,33,34). The maximum absolute atomic E-state index is 14.7. The predicted molar refractivity (Wildman–Crippen MR) is 155 cm³/mol. The molecule has 1 N–H and O–H groups in total. The molecule has 1 fully saturated rings. The van der Waals surface area contributed by atoms with Gasteiger partial charge in [-0.3, -0.25) is 4.90 Å². The normalized spacial score (nSPS) is 15.8. The summed E-state index contributed by atoms with van der Waals surface area (Å²) in [6.45, 7) is 8.85. The van der Waals surface area contributed by atoms with Crippen LogP contribution in [0.4, 0.5) is 20.1 Å². The summed E-state index contributed by atoms with van der Waals surface area (Å²) < 4.78 is 24.9. The molecular weight excluding hydrogens is 547 g/mol. The average molecular weight is 585 g/mol. The van der Waals surface area contributed by atoms with Crippen LogP contribution in [0.3, 0.4) is 0 Å². The molecule has 1 aliphatic heterocycles. The maximum atomic E-state index is 14.7. The van der Waals surface area contributed by atoms with E-state index in [4.69, 9.17) is 19.4 Å². The average Bonchev–Trinajstić information content (AvgIpc) is 3.37. The molecule has 0 radical (unpaired) electrons. The minimum Gasteiger partial charge on any atom is -0.465 e. The number of carbonyl (C=O) groups is 2. The number of ether oxygens (including phenoxy) is 2. The quantitative estimate of drug-likeness (QED) is 0.319.